The van der Waals surface area contributed by atoms with Crippen LogP contribution in [0.4, 0.5) is 14.5 Å². The number of amides is 1. The number of fused-ring (bicyclic) bond motifs is 1. The number of nitrogens with one attached hydrogen (secondary N) is 1. The molecule has 1 aliphatic carbocycles. The van der Waals surface area contributed by atoms with Crippen LogP contribution >= 0.6 is 0 Å². The van der Waals surface area contributed by atoms with Crippen LogP contribution in [-0.2, 0) is 21.2 Å². The lowest BCUT2D eigenvalue weighted by molar-refractivity contribution is -0.116. The molecule has 2 aromatic carbocycles. The van der Waals surface area contributed by atoms with Gasteiger partial charge in [0.15, 0.2) is 0 Å². The van der Waals surface area contributed by atoms with Crippen molar-refractivity contribution < 1.29 is 26.7 Å². The van der Waals surface area contributed by atoms with E-state index in [-0.39, 0.29) is 23.6 Å². The molecule has 0 bridgehead atoms. The number of ether oxygens (including phenoxy) is 1. The first-order valence-corrected chi connectivity index (χ1v) is 10.7. The Morgan fingerprint density at radius 2 is 1.87 bits per heavy atom. The van der Waals surface area contributed by atoms with Crippen molar-refractivity contribution >= 4 is 27.7 Å². The lowest BCUT2D eigenvalue weighted by atomic mass is 9.97. The van der Waals surface area contributed by atoms with Gasteiger partial charge in [-0.3, -0.25) is 4.79 Å². The van der Waals surface area contributed by atoms with E-state index in [2.05, 4.69) is 10.1 Å². The highest BCUT2D eigenvalue weighted by molar-refractivity contribution is 7.93. The molecule has 6 nitrogen and oxygen atoms in total. The summed E-state index contributed by atoms with van der Waals surface area (Å²) in [4.78, 5) is 12.4. The summed E-state index contributed by atoms with van der Waals surface area (Å²) in [5.74, 6) is -0.413. The van der Waals surface area contributed by atoms with Gasteiger partial charge in [-0.25, -0.2) is 8.42 Å². The average Bonchev–Trinajstić information content (AvgIpc) is 2.68. The largest absolute Gasteiger partial charge is 0.435 e. The lowest BCUT2D eigenvalue weighted by Crippen LogP contribution is -2.36. The third-order valence-electron chi connectivity index (χ3n) is 4.74. The Kier molecular flexibility index (Phi) is 6.52. The van der Waals surface area contributed by atoms with Crippen LogP contribution in [-0.4, -0.2) is 38.8 Å². The molecule has 0 unspecified atom stereocenters. The fraction of sp³-hybridized carbons (Fsp3) is 0.286. The van der Waals surface area contributed by atoms with Crippen LogP contribution in [0.1, 0.15) is 23.1 Å². The van der Waals surface area contributed by atoms with Crippen molar-refractivity contribution in [2.45, 2.75) is 26.4 Å². The first-order valence-electron chi connectivity index (χ1n) is 9.26. The van der Waals surface area contributed by atoms with Gasteiger partial charge in [-0.05, 0) is 61.2 Å². The second kappa shape index (κ2) is 8.93. The number of hydrogen-bond acceptors (Lipinski definition) is 4. The Bertz CT molecular complexity index is 1070. The second-order valence-corrected chi connectivity index (χ2v) is 9.12. The van der Waals surface area contributed by atoms with Gasteiger partial charge in [0.1, 0.15) is 5.75 Å². The molecule has 0 aliphatic heterocycles. The normalized spacial score (nSPS) is 13.7. The lowest BCUT2D eigenvalue weighted by Gasteiger charge is -2.22. The molecular formula is C21H22F2N2O4S. The van der Waals surface area contributed by atoms with E-state index in [1.165, 1.54) is 25.3 Å². The number of allylic oxidation sites excluding steroid dienone is 1. The minimum atomic E-state index is -3.85. The summed E-state index contributed by atoms with van der Waals surface area (Å²) in [6, 6.07) is 11.6. The van der Waals surface area contributed by atoms with Gasteiger partial charge >= 0.3 is 6.61 Å². The summed E-state index contributed by atoms with van der Waals surface area (Å²) < 4.78 is 55.9. The number of sulfonamides is 1. The zero-order chi connectivity index (χ0) is 21.9. The maximum absolute atomic E-state index is 12.9. The number of anilines is 1. The van der Waals surface area contributed by atoms with E-state index in [0.29, 0.717) is 17.7 Å². The summed E-state index contributed by atoms with van der Waals surface area (Å²) in [6.07, 6.45) is 2.08. The van der Waals surface area contributed by atoms with Gasteiger partial charge in [0.05, 0.1) is 11.4 Å². The van der Waals surface area contributed by atoms with Crippen molar-refractivity contribution in [2.75, 3.05) is 18.9 Å². The standard InChI is InChI=1S/C21H22F2N2O4S/c1-14-3-7-17(8-4-14)24-20(26)13-25(2)30(27,28)19-10-6-15-11-18(29-21(22)23)9-5-16(15)12-19/h3-5,7-9,11-12,21H,6,10,13H2,1-2H3,(H,24,26). The Hall–Kier alpha value is -2.78. The number of alkyl halides is 2. The molecule has 160 valence electrons. The van der Waals surface area contributed by atoms with Crippen molar-refractivity contribution in [3.05, 3.63) is 64.1 Å². The molecule has 0 aromatic heterocycles. The van der Waals surface area contributed by atoms with Crippen LogP contribution in [0.2, 0.25) is 0 Å². The minimum absolute atomic E-state index is 0.0355. The topological polar surface area (TPSA) is 75.7 Å². The van der Waals surface area contributed by atoms with Crippen LogP contribution in [0.15, 0.2) is 47.4 Å². The van der Waals surface area contributed by atoms with E-state index in [0.717, 1.165) is 15.4 Å². The van der Waals surface area contributed by atoms with E-state index in [9.17, 15) is 22.0 Å². The van der Waals surface area contributed by atoms with Crippen LogP contribution in [0.25, 0.3) is 6.08 Å². The molecule has 0 fully saturated rings. The number of nitrogens with zero attached hydrogens (tertiary/aromatic N) is 1. The molecule has 0 atom stereocenters. The van der Waals surface area contributed by atoms with Crippen LogP contribution < -0.4 is 10.1 Å². The molecule has 1 aliphatic rings. The highest BCUT2D eigenvalue weighted by Gasteiger charge is 2.27. The Balaban J connectivity index is 1.70. The quantitative estimate of drug-likeness (QED) is 0.717. The molecule has 0 saturated heterocycles. The molecule has 3 rings (SSSR count). The molecule has 0 radical (unpaired) electrons. The third kappa shape index (κ3) is 5.22. The van der Waals surface area contributed by atoms with Gasteiger partial charge in [0.2, 0.25) is 15.9 Å². The van der Waals surface area contributed by atoms with Crippen LogP contribution in [0.5, 0.6) is 5.75 Å². The molecule has 2 aromatic rings. The van der Waals surface area contributed by atoms with E-state index < -0.39 is 22.5 Å². The molecule has 30 heavy (non-hydrogen) atoms. The van der Waals surface area contributed by atoms with Crippen molar-refractivity contribution in [2.24, 2.45) is 0 Å². The van der Waals surface area contributed by atoms with E-state index in [4.69, 9.17) is 0 Å². The summed E-state index contributed by atoms with van der Waals surface area (Å²) in [7, 11) is -2.50. The minimum Gasteiger partial charge on any atom is -0.435 e. The number of rotatable bonds is 7. The zero-order valence-corrected chi connectivity index (χ0v) is 17.4. The maximum atomic E-state index is 12.9. The van der Waals surface area contributed by atoms with Gasteiger partial charge in [-0.15, -0.1) is 0 Å². The van der Waals surface area contributed by atoms with Crippen LogP contribution in [0, 0.1) is 6.92 Å². The molecule has 0 heterocycles. The fourth-order valence-electron chi connectivity index (χ4n) is 3.15. The second-order valence-electron chi connectivity index (χ2n) is 7.03. The van der Waals surface area contributed by atoms with Crippen molar-refractivity contribution in [3.8, 4) is 5.75 Å². The first kappa shape index (κ1) is 21.9. The number of aryl methyl sites for hydroxylation is 2. The van der Waals surface area contributed by atoms with E-state index in [1.54, 1.807) is 18.2 Å². The molecular weight excluding hydrogens is 414 g/mol. The maximum Gasteiger partial charge on any atom is 0.387 e. The van der Waals surface area contributed by atoms with Gasteiger partial charge < -0.3 is 10.1 Å². The number of carbonyl (C=O) groups is 1. The Morgan fingerprint density at radius 1 is 1.17 bits per heavy atom. The van der Waals surface area contributed by atoms with Crippen molar-refractivity contribution in [1.82, 2.24) is 4.31 Å². The monoisotopic (exact) mass is 436 g/mol. The SMILES string of the molecule is Cc1ccc(NC(=O)CN(C)S(=O)(=O)C2=Cc3ccc(OC(F)F)cc3CC2)cc1. The van der Waals surface area contributed by atoms with Crippen molar-refractivity contribution in [1.29, 1.82) is 0 Å². The van der Waals surface area contributed by atoms with E-state index in [1.807, 2.05) is 19.1 Å². The van der Waals surface area contributed by atoms with Gasteiger partial charge in [-0.2, -0.15) is 13.1 Å². The summed E-state index contributed by atoms with van der Waals surface area (Å²) in [5.41, 5.74) is 2.99. The smallest absolute Gasteiger partial charge is 0.387 e. The Labute approximate surface area is 174 Å². The fourth-order valence-corrected chi connectivity index (χ4v) is 4.47. The molecule has 0 spiro atoms. The predicted octanol–water partition coefficient (Wildman–Crippen LogP) is 3.78. The highest BCUT2D eigenvalue weighted by Crippen LogP contribution is 2.31. The molecule has 0 saturated carbocycles. The Morgan fingerprint density at radius 3 is 2.53 bits per heavy atom. The van der Waals surface area contributed by atoms with E-state index >= 15 is 0 Å². The predicted molar refractivity (Wildman–Crippen MR) is 111 cm³/mol. The first-order chi connectivity index (χ1) is 14.1. The van der Waals surface area contributed by atoms with Gasteiger partial charge in [0, 0.05) is 12.7 Å². The molecule has 1 N–H and O–H groups in total. The highest BCUT2D eigenvalue weighted by atomic mass is 32.2. The average molecular weight is 436 g/mol. The van der Waals surface area contributed by atoms with Crippen LogP contribution in [0.3, 0.4) is 0 Å². The summed E-state index contributed by atoms with van der Waals surface area (Å²) in [6.45, 7) is -1.33. The zero-order valence-electron chi connectivity index (χ0n) is 16.6. The molecule has 1 amide bonds. The number of hydrogen-bond donors (Lipinski definition) is 1. The molecule has 9 heteroatoms. The number of carbonyl (C=O) groups excluding carboxylic acids is 1. The van der Waals surface area contributed by atoms with Gasteiger partial charge in [0.25, 0.3) is 0 Å². The van der Waals surface area contributed by atoms with Gasteiger partial charge in [-0.1, -0.05) is 23.8 Å². The number of likely N-dealkylation sites (N-methyl/N-ethyl adjacent to an activating group) is 1. The number of halogens is 2. The summed E-state index contributed by atoms with van der Waals surface area (Å²) >= 11 is 0. The number of benzene rings is 2. The van der Waals surface area contributed by atoms with Crippen molar-refractivity contribution in [3.63, 3.8) is 0 Å². The third-order valence-corrected chi connectivity index (χ3v) is 6.67. The summed E-state index contributed by atoms with van der Waals surface area (Å²) in [5, 5.41) is 2.67.